The van der Waals surface area contributed by atoms with Crippen LogP contribution in [-0.2, 0) is 22.2 Å². The van der Waals surface area contributed by atoms with Crippen LogP contribution in [0.5, 0.6) is 0 Å². The molecule has 5 nitrogen and oxygen atoms in total. The minimum atomic E-state index is -4.53. The molecule has 0 aliphatic carbocycles. The van der Waals surface area contributed by atoms with Crippen LogP contribution in [-0.4, -0.2) is 21.1 Å². The number of hydrazine groups is 1. The summed E-state index contributed by atoms with van der Waals surface area (Å²) in [4.78, 5) is 25.2. The highest BCUT2D eigenvalue weighted by Crippen LogP contribution is 2.37. The first-order valence-electron chi connectivity index (χ1n) is 9.70. The highest BCUT2D eigenvalue weighted by Gasteiger charge is 2.34. The van der Waals surface area contributed by atoms with Gasteiger partial charge in [-0.1, -0.05) is 53.7 Å². The first kappa shape index (κ1) is 24.1. The monoisotopic (exact) mass is 522 g/mol. The number of hydrogen-bond acceptors (Lipinski definition) is 5. The molecule has 1 saturated heterocycles. The zero-order chi connectivity index (χ0) is 24.5. The average Bonchev–Trinajstić information content (AvgIpc) is 3.34. The van der Waals surface area contributed by atoms with Gasteiger partial charge in [-0.25, -0.2) is 0 Å². The first-order valence-corrected chi connectivity index (χ1v) is 11.3. The summed E-state index contributed by atoms with van der Waals surface area (Å²) in [6.07, 6.45) is -3.07. The van der Waals surface area contributed by atoms with E-state index in [4.69, 9.17) is 28.2 Å². The van der Waals surface area contributed by atoms with Gasteiger partial charge in [0, 0.05) is 11.6 Å². The molecule has 3 aromatic rings. The standard InChI is InChI=1S/C23H14ClF3N2O3S2/c24-17-8-6-14(23(25,26)27)11-16(17)18-9-7-15(32-18)12-19-21(31)29(22(33)34-19)28-20(30)10-13-4-2-1-3-5-13/h1-9,11-12H,10H2,(H,28,30). The number of furan rings is 1. The van der Waals surface area contributed by atoms with Crippen molar-refractivity contribution in [2.24, 2.45) is 0 Å². The van der Waals surface area contributed by atoms with Crippen LogP contribution in [0.2, 0.25) is 5.02 Å². The van der Waals surface area contributed by atoms with Crippen molar-refractivity contribution in [3.05, 3.63) is 87.5 Å². The second-order valence-corrected chi connectivity index (χ2v) is 9.19. The molecule has 11 heteroatoms. The number of rotatable bonds is 5. The lowest BCUT2D eigenvalue weighted by atomic mass is 10.1. The van der Waals surface area contributed by atoms with Crippen LogP contribution >= 0.6 is 35.6 Å². The fourth-order valence-corrected chi connectivity index (χ4v) is 4.47. The average molecular weight is 523 g/mol. The second kappa shape index (κ2) is 9.65. The van der Waals surface area contributed by atoms with Gasteiger partial charge in [-0.05, 0) is 48.1 Å². The summed E-state index contributed by atoms with van der Waals surface area (Å²) in [7, 11) is 0. The van der Waals surface area contributed by atoms with Gasteiger partial charge in [-0.15, -0.1) is 0 Å². The minimum absolute atomic E-state index is 0.0657. The van der Waals surface area contributed by atoms with Crippen LogP contribution in [0.25, 0.3) is 17.4 Å². The highest BCUT2D eigenvalue weighted by atomic mass is 35.5. The molecule has 34 heavy (non-hydrogen) atoms. The molecular formula is C23H14ClF3N2O3S2. The quantitative estimate of drug-likeness (QED) is 0.324. The van der Waals surface area contributed by atoms with Crippen LogP contribution in [0.4, 0.5) is 13.2 Å². The van der Waals surface area contributed by atoms with Gasteiger partial charge in [0.05, 0.1) is 21.9 Å². The number of thioether (sulfide) groups is 1. The molecule has 2 amide bonds. The zero-order valence-corrected chi connectivity index (χ0v) is 19.4. The van der Waals surface area contributed by atoms with Gasteiger partial charge in [-0.3, -0.25) is 15.0 Å². The Balaban J connectivity index is 1.50. The Kier molecular flexibility index (Phi) is 6.83. The van der Waals surface area contributed by atoms with Crippen LogP contribution in [0.3, 0.4) is 0 Å². The topological polar surface area (TPSA) is 62.6 Å². The summed E-state index contributed by atoms with van der Waals surface area (Å²) in [5.41, 5.74) is 2.47. The van der Waals surface area contributed by atoms with Crippen molar-refractivity contribution in [3.63, 3.8) is 0 Å². The van der Waals surface area contributed by atoms with Gasteiger partial charge in [0.2, 0.25) is 5.91 Å². The summed E-state index contributed by atoms with van der Waals surface area (Å²) in [5.74, 6) is -0.650. The zero-order valence-electron chi connectivity index (χ0n) is 17.1. The smallest absolute Gasteiger partial charge is 0.416 e. The molecule has 174 valence electrons. The lowest BCUT2D eigenvalue weighted by Gasteiger charge is -2.15. The molecule has 2 aromatic carbocycles. The number of nitrogens with zero attached hydrogens (tertiary/aromatic N) is 1. The molecule has 4 rings (SSSR count). The minimum Gasteiger partial charge on any atom is -0.457 e. The Labute approximate surface area is 206 Å². The van der Waals surface area contributed by atoms with Crippen molar-refractivity contribution in [2.45, 2.75) is 12.6 Å². The maximum absolute atomic E-state index is 13.0. The van der Waals surface area contributed by atoms with E-state index in [-0.39, 0.29) is 37.8 Å². The number of thiocarbonyl (C=S) groups is 1. The highest BCUT2D eigenvalue weighted by molar-refractivity contribution is 8.26. The van der Waals surface area contributed by atoms with E-state index in [9.17, 15) is 22.8 Å². The summed E-state index contributed by atoms with van der Waals surface area (Å²) >= 11 is 12.2. The third-order valence-corrected chi connectivity index (χ3v) is 6.33. The van der Waals surface area contributed by atoms with Crippen molar-refractivity contribution >= 4 is 57.8 Å². The van der Waals surface area contributed by atoms with Crippen molar-refractivity contribution < 1.29 is 27.2 Å². The van der Waals surface area contributed by atoms with E-state index >= 15 is 0 Å². The third-order valence-electron chi connectivity index (χ3n) is 4.70. The molecule has 0 radical (unpaired) electrons. The lowest BCUT2D eigenvalue weighted by molar-refractivity contribution is -0.137. The number of benzene rings is 2. The number of nitrogens with one attached hydrogen (secondary N) is 1. The third kappa shape index (κ3) is 5.35. The number of carbonyl (C=O) groups is 2. The van der Waals surface area contributed by atoms with Crippen LogP contribution in [0, 0.1) is 0 Å². The summed E-state index contributed by atoms with van der Waals surface area (Å²) < 4.78 is 44.9. The van der Waals surface area contributed by atoms with Gasteiger partial charge in [0.25, 0.3) is 5.91 Å². The van der Waals surface area contributed by atoms with Crippen LogP contribution < -0.4 is 5.43 Å². The first-order chi connectivity index (χ1) is 16.1. The Morgan fingerprint density at radius 2 is 1.88 bits per heavy atom. The molecule has 0 saturated carbocycles. The molecule has 1 aliphatic heterocycles. The SMILES string of the molecule is O=C(Cc1ccccc1)NN1C(=O)C(=Cc2ccc(-c3cc(C(F)(F)F)ccc3Cl)o2)SC1=S. The van der Waals surface area contributed by atoms with Crippen molar-refractivity contribution in [2.75, 3.05) is 0 Å². The Bertz CT molecular complexity index is 1310. The molecule has 1 N–H and O–H groups in total. The number of alkyl halides is 3. The normalized spacial score (nSPS) is 15.3. The van der Waals surface area contributed by atoms with Crippen LogP contribution in [0.1, 0.15) is 16.9 Å². The maximum atomic E-state index is 13.0. The molecule has 0 spiro atoms. The number of hydrogen-bond donors (Lipinski definition) is 1. The molecule has 0 bridgehead atoms. The van der Waals surface area contributed by atoms with Gasteiger partial charge in [0.15, 0.2) is 4.32 Å². The van der Waals surface area contributed by atoms with Gasteiger partial charge >= 0.3 is 6.18 Å². The largest absolute Gasteiger partial charge is 0.457 e. The molecular weight excluding hydrogens is 509 g/mol. The van der Waals surface area contributed by atoms with E-state index < -0.39 is 23.6 Å². The summed E-state index contributed by atoms with van der Waals surface area (Å²) in [6, 6.07) is 14.9. The van der Waals surface area contributed by atoms with E-state index in [0.29, 0.717) is 0 Å². The van der Waals surface area contributed by atoms with E-state index in [2.05, 4.69) is 5.43 Å². The van der Waals surface area contributed by atoms with Crippen LogP contribution in [0.15, 0.2) is 70.0 Å². The number of carbonyl (C=O) groups excluding carboxylic acids is 2. The van der Waals surface area contributed by atoms with Gasteiger partial charge in [-0.2, -0.15) is 18.2 Å². The molecule has 1 aliphatic rings. The molecule has 0 atom stereocenters. The maximum Gasteiger partial charge on any atom is 0.416 e. The molecule has 2 heterocycles. The Morgan fingerprint density at radius 1 is 1.15 bits per heavy atom. The Morgan fingerprint density at radius 3 is 2.59 bits per heavy atom. The lowest BCUT2D eigenvalue weighted by Crippen LogP contribution is -2.45. The molecule has 0 unspecified atom stereocenters. The second-order valence-electron chi connectivity index (χ2n) is 7.11. The number of halogens is 4. The van der Waals surface area contributed by atoms with E-state index in [1.807, 2.05) is 6.07 Å². The number of amides is 2. The van der Waals surface area contributed by atoms with E-state index in [0.717, 1.165) is 40.5 Å². The summed E-state index contributed by atoms with van der Waals surface area (Å²) in [5, 5.41) is 1.06. The molecule has 1 aromatic heterocycles. The Hall–Kier alpha value is -3.08. The van der Waals surface area contributed by atoms with Crippen molar-refractivity contribution in [1.29, 1.82) is 0 Å². The fraction of sp³-hybridized carbons (Fsp3) is 0.0870. The summed E-state index contributed by atoms with van der Waals surface area (Å²) in [6.45, 7) is 0. The van der Waals surface area contributed by atoms with Crippen molar-refractivity contribution in [3.8, 4) is 11.3 Å². The fourth-order valence-electron chi connectivity index (χ4n) is 3.10. The molecule has 1 fully saturated rings. The van der Waals surface area contributed by atoms with Gasteiger partial charge in [0.1, 0.15) is 11.5 Å². The van der Waals surface area contributed by atoms with E-state index in [1.165, 1.54) is 18.2 Å². The predicted molar refractivity (Wildman–Crippen MR) is 127 cm³/mol. The van der Waals surface area contributed by atoms with E-state index in [1.54, 1.807) is 24.3 Å². The van der Waals surface area contributed by atoms with Gasteiger partial charge < -0.3 is 4.42 Å². The predicted octanol–water partition coefficient (Wildman–Crippen LogP) is 6.09. The van der Waals surface area contributed by atoms with Crippen molar-refractivity contribution in [1.82, 2.24) is 10.4 Å².